The van der Waals surface area contributed by atoms with Crippen LogP contribution >= 0.6 is 11.6 Å². The summed E-state index contributed by atoms with van der Waals surface area (Å²) in [5.74, 6) is 0.559. The van der Waals surface area contributed by atoms with E-state index in [0.29, 0.717) is 5.82 Å². The summed E-state index contributed by atoms with van der Waals surface area (Å²) in [7, 11) is 0. The van der Waals surface area contributed by atoms with E-state index in [0.717, 1.165) is 37.9 Å². The molecule has 0 atom stereocenters. The van der Waals surface area contributed by atoms with Crippen LogP contribution in [0, 0.1) is 0 Å². The molecule has 2 aromatic rings. The lowest BCUT2D eigenvalue weighted by atomic mass is 10.2. The van der Waals surface area contributed by atoms with E-state index in [1.54, 1.807) is 0 Å². The van der Waals surface area contributed by atoms with Gasteiger partial charge in [0, 0.05) is 6.54 Å². The molecule has 0 amide bonds. The van der Waals surface area contributed by atoms with Crippen LogP contribution in [0.2, 0.25) is 5.02 Å². The molecular weight excluding hydrogens is 343 g/mol. The van der Waals surface area contributed by atoms with E-state index in [1.165, 1.54) is 12.3 Å². The fraction of sp³-hybridized carbons (Fsp3) is 0.400. The number of hydrogen-bond acceptors (Lipinski definition) is 5. The Kier molecular flexibility index (Phi) is 6.19. The van der Waals surface area contributed by atoms with E-state index in [1.807, 2.05) is 0 Å². The van der Waals surface area contributed by atoms with E-state index in [9.17, 15) is 13.2 Å². The maximum atomic E-state index is 12.8. The summed E-state index contributed by atoms with van der Waals surface area (Å²) < 4.78 is 38.3. The third-order valence-electron chi connectivity index (χ3n) is 3.19. The highest BCUT2D eigenvalue weighted by Gasteiger charge is 2.31. The predicted molar refractivity (Wildman–Crippen MR) is 87.6 cm³/mol. The van der Waals surface area contributed by atoms with Gasteiger partial charge in [-0.05, 0) is 24.6 Å². The number of nitrogens with zero attached hydrogens (tertiary/aromatic N) is 3. The van der Waals surface area contributed by atoms with Gasteiger partial charge in [-0.25, -0.2) is 0 Å². The molecule has 0 unspecified atom stereocenters. The van der Waals surface area contributed by atoms with Gasteiger partial charge in [-0.2, -0.15) is 23.3 Å². The summed E-state index contributed by atoms with van der Waals surface area (Å²) in [6.07, 6.45) is 0.178. The zero-order valence-corrected chi connectivity index (χ0v) is 13.7. The summed E-state index contributed by atoms with van der Waals surface area (Å²) in [6.45, 7) is 2.84. The first kappa shape index (κ1) is 18.3. The molecule has 1 aromatic carbocycles. The zero-order chi connectivity index (χ0) is 17.6. The molecule has 0 radical (unpaired) electrons. The predicted octanol–water partition coefficient (Wildman–Crippen LogP) is 4.89. The molecule has 0 saturated heterocycles. The summed E-state index contributed by atoms with van der Waals surface area (Å²) in [5, 5.41) is 13.4. The number of rotatable bonds is 7. The smallest absolute Gasteiger partial charge is 0.369 e. The van der Waals surface area contributed by atoms with E-state index in [4.69, 9.17) is 11.6 Å². The Bertz CT molecular complexity index is 678. The number of aromatic nitrogens is 3. The summed E-state index contributed by atoms with van der Waals surface area (Å²) in [4.78, 5) is 4.16. The maximum absolute atomic E-state index is 12.8. The van der Waals surface area contributed by atoms with E-state index >= 15 is 0 Å². The van der Waals surface area contributed by atoms with Crippen LogP contribution in [0.4, 0.5) is 30.6 Å². The number of nitrogens with one attached hydrogen (secondary N) is 2. The van der Waals surface area contributed by atoms with Crippen molar-refractivity contribution in [3.63, 3.8) is 0 Å². The largest absolute Gasteiger partial charge is 0.416 e. The lowest BCUT2D eigenvalue weighted by molar-refractivity contribution is -0.137. The Labute approximate surface area is 142 Å². The van der Waals surface area contributed by atoms with Gasteiger partial charge in [0.2, 0.25) is 5.95 Å². The highest BCUT2D eigenvalue weighted by Crippen LogP contribution is 2.34. The van der Waals surface area contributed by atoms with Crippen LogP contribution < -0.4 is 10.6 Å². The molecule has 24 heavy (non-hydrogen) atoms. The Hall–Kier alpha value is -2.09. The van der Waals surface area contributed by atoms with Gasteiger partial charge in [0.15, 0.2) is 5.82 Å². The Balaban J connectivity index is 2.11. The molecule has 2 N–H and O–H groups in total. The molecule has 5 nitrogen and oxygen atoms in total. The zero-order valence-electron chi connectivity index (χ0n) is 13.0. The Morgan fingerprint density at radius 1 is 1.21 bits per heavy atom. The van der Waals surface area contributed by atoms with Gasteiger partial charge in [-0.15, -0.1) is 5.10 Å². The first-order chi connectivity index (χ1) is 11.4. The molecule has 1 heterocycles. The second-order valence-electron chi connectivity index (χ2n) is 5.12. The first-order valence-electron chi connectivity index (χ1n) is 7.47. The van der Waals surface area contributed by atoms with E-state index < -0.39 is 11.7 Å². The molecule has 130 valence electrons. The summed E-state index contributed by atoms with van der Waals surface area (Å²) >= 11 is 5.93. The van der Waals surface area contributed by atoms with Crippen molar-refractivity contribution in [2.45, 2.75) is 32.4 Å². The molecule has 0 bridgehead atoms. The standard InChI is InChI=1S/C15H17ClF3N5/c1-2-3-4-7-20-13-9-21-24-14(23-13)22-12-8-10(15(17,18)19)5-6-11(12)16/h5-6,8-9H,2-4,7H2,1H3,(H2,20,22,23,24). The first-order valence-corrected chi connectivity index (χ1v) is 7.85. The minimum Gasteiger partial charge on any atom is -0.369 e. The number of benzene rings is 1. The average Bonchev–Trinajstić information content (AvgIpc) is 2.53. The minimum atomic E-state index is -4.46. The number of halogens is 4. The fourth-order valence-corrected chi connectivity index (χ4v) is 2.12. The molecule has 9 heteroatoms. The van der Waals surface area contributed by atoms with Crippen molar-refractivity contribution < 1.29 is 13.2 Å². The van der Waals surface area contributed by atoms with Crippen molar-refractivity contribution in [2.24, 2.45) is 0 Å². The van der Waals surface area contributed by atoms with Gasteiger partial charge in [0.1, 0.15) is 0 Å². The van der Waals surface area contributed by atoms with Crippen molar-refractivity contribution in [3.8, 4) is 0 Å². The highest BCUT2D eigenvalue weighted by atomic mass is 35.5. The fourth-order valence-electron chi connectivity index (χ4n) is 1.95. The van der Waals surface area contributed by atoms with Gasteiger partial charge in [0.25, 0.3) is 0 Å². The minimum absolute atomic E-state index is 0.0661. The monoisotopic (exact) mass is 359 g/mol. The average molecular weight is 360 g/mol. The second kappa shape index (κ2) is 8.14. The lowest BCUT2D eigenvalue weighted by Crippen LogP contribution is -2.08. The van der Waals surface area contributed by atoms with Crippen LogP contribution in [0.25, 0.3) is 0 Å². The SMILES string of the molecule is CCCCCNc1cnnc(Nc2cc(C(F)(F)F)ccc2Cl)n1. The van der Waals surface area contributed by atoms with Crippen LogP contribution in [-0.2, 0) is 6.18 Å². The molecule has 0 aliphatic rings. The van der Waals surface area contributed by atoms with Crippen LogP contribution in [-0.4, -0.2) is 21.7 Å². The van der Waals surface area contributed by atoms with Gasteiger partial charge >= 0.3 is 6.18 Å². The van der Waals surface area contributed by atoms with Crippen LogP contribution in [0.1, 0.15) is 31.7 Å². The van der Waals surface area contributed by atoms with Crippen molar-refractivity contribution in [2.75, 3.05) is 17.2 Å². The van der Waals surface area contributed by atoms with E-state index in [2.05, 4.69) is 32.7 Å². The van der Waals surface area contributed by atoms with Crippen molar-refractivity contribution in [1.29, 1.82) is 0 Å². The number of unbranched alkanes of at least 4 members (excludes halogenated alkanes) is 2. The van der Waals surface area contributed by atoms with Crippen molar-refractivity contribution >= 4 is 29.1 Å². The molecule has 0 aliphatic heterocycles. The van der Waals surface area contributed by atoms with Crippen molar-refractivity contribution in [1.82, 2.24) is 15.2 Å². The highest BCUT2D eigenvalue weighted by molar-refractivity contribution is 6.33. The van der Waals surface area contributed by atoms with Crippen LogP contribution in [0.5, 0.6) is 0 Å². The number of alkyl halides is 3. The van der Waals surface area contributed by atoms with Gasteiger partial charge < -0.3 is 10.6 Å². The molecule has 0 spiro atoms. The molecule has 1 aromatic heterocycles. The molecular formula is C15H17ClF3N5. The summed E-state index contributed by atoms with van der Waals surface area (Å²) in [6, 6.07) is 3.00. The molecule has 0 saturated carbocycles. The quantitative estimate of drug-likeness (QED) is 0.689. The second-order valence-corrected chi connectivity index (χ2v) is 5.52. The van der Waals surface area contributed by atoms with Crippen LogP contribution in [0.15, 0.2) is 24.4 Å². The Morgan fingerprint density at radius 2 is 2.00 bits per heavy atom. The normalized spacial score (nSPS) is 11.4. The third-order valence-corrected chi connectivity index (χ3v) is 3.52. The van der Waals surface area contributed by atoms with Crippen LogP contribution in [0.3, 0.4) is 0 Å². The number of hydrogen-bond donors (Lipinski definition) is 2. The molecule has 0 aliphatic carbocycles. The lowest BCUT2D eigenvalue weighted by Gasteiger charge is -2.12. The Morgan fingerprint density at radius 3 is 2.71 bits per heavy atom. The van der Waals surface area contributed by atoms with Gasteiger partial charge in [0.05, 0.1) is 22.5 Å². The maximum Gasteiger partial charge on any atom is 0.416 e. The third kappa shape index (κ3) is 5.23. The summed E-state index contributed by atoms with van der Waals surface area (Å²) in [5.41, 5.74) is -0.743. The molecule has 2 rings (SSSR count). The van der Waals surface area contributed by atoms with Gasteiger partial charge in [-0.3, -0.25) is 0 Å². The molecule has 0 fully saturated rings. The number of anilines is 3. The van der Waals surface area contributed by atoms with Gasteiger partial charge in [-0.1, -0.05) is 31.4 Å². The topological polar surface area (TPSA) is 62.7 Å². The van der Waals surface area contributed by atoms with E-state index in [-0.39, 0.29) is 16.7 Å². The van der Waals surface area contributed by atoms with Crippen molar-refractivity contribution in [3.05, 3.63) is 35.0 Å².